The van der Waals surface area contributed by atoms with Crippen LogP contribution < -0.4 is 11.1 Å². The molecule has 9 heteroatoms. The molecule has 0 spiro atoms. The minimum absolute atomic E-state index is 0.0790. The average Bonchev–Trinajstić information content (AvgIpc) is 3.09. The normalized spacial score (nSPS) is 12.2. The van der Waals surface area contributed by atoms with E-state index in [4.69, 9.17) is 15.5 Å². The lowest BCUT2D eigenvalue weighted by atomic mass is 10.3. The number of methoxy groups -OCH3 is 1. The fourth-order valence-electron chi connectivity index (χ4n) is 3.05. The van der Waals surface area contributed by atoms with Crippen LogP contribution in [0.3, 0.4) is 0 Å². The zero-order chi connectivity index (χ0) is 20.9. The minimum Gasteiger partial charge on any atom is -0.383 e. The third-order valence-corrected chi connectivity index (χ3v) is 5.57. The van der Waals surface area contributed by atoms with Gasteiger partial charge in [0.2, 0.25) is 11.9 Å². The van der Waals surface area contributed by atoms with Crippen molar-refractivity contribution in [1.29, 1.82) is 0 Å². The lowest BCUT2D eigenvalue weighted by Crippen LogP contribution is -2.09. The van der Waals surface area contributed by atoms with E-state index < -0.39 is 0 Å². The van der Waals surface area contributed by atoms with Gasteiger partial charge in [-0.2, -0.15) is 15.0 Å². The molecule has 0 radical (unpaired) electrons. The zero-order valence-corrected chi connectivity index (χ0v) is 17.6. The molecule has 4 aromatic rings. The first-order valence-electron chi connectivity index (χ1n) is 9.58. The number of fused-ring (bicyclic) bond motifs is 1. The maximum atomic E-state index is 5.95. The first-order chi connectivity index (χ1) is 14.6. The van der Waals surface area contributed by atoms with E-state index >= 15 is 0 Å². The first-order valence-corrected chi connectivity index (χ1v) is 10.5. The Morgan fingerprint density at radius 3 is 2.60 bits per heavy atom. The van der Waals surface area contributed by atoms with Crippen molar-refractivity contribution in [1.82, 2.24) is 24.5 Å². The standard InChI is InChI=1S/C21H23N7OS/c1-14(18-25-19(22)27-20(26-18)23-15-8-4-3-5-9-15)30-21-24-16-10-6-7-11-17(16)28(21)12-13-29-2/h3-11,14H,12-13H2,1-2H3,(H3,22,23,25,26,27). The predicted molar refractivity (Wildman–Crippen MR) is 120 cm³/mol. The van der Waals surface area contributed by atoms with Crippen molar-refractivity contribution in [3.8, 4) is 0 Å². The highest BCUT2D eigenvalue weighted by Crippen LogP contribution is 2.35. The van der Waals surface area contributed by atoms with Crippen LogP contribution in [-0.4, -0.2) is 38.2 Å². The summed E-state index contributed by atoms with van der Waals surface area (Å²) in [7, 11) is 1.70. The zero-order valence-electron chi connectivity index (χ0n) is 16.8. The summed E-state index contributed by atoms with van der Waals surface area (Å²) < 4.78 is 7.44. The largest absolute Gasteiger partial charge is 0.383 e. The molecule has 0 aliphatic carbocycles. The van der Waals surface area contributed by atoms with Gasteiger partial charge >= 0.3 is 0 Å². The summed E-state index contributed by atoms with van der Waals surface area (Å²) in [5.74, 6) is 1.19. The summed E-state index contributed by atoms with van der Waals surface area (Å²) in [4.78, 5) is 17.9. The quantitative estimate of drug-likeness (QED) is 0.411. The molecule has 0 saturated heterocycles. The summed E-state index contributed by atoms with van der Waals surface area (Å²) in [6.07, 6.45) is 0. The van der Waals surface area contributed by atoms with Crippen LogP contribution in [0.25, 0.3) is 11.0 Å². The van der Waals surface area contributed by atoms with Gasteiger partial charge in [-0.15, -0.1) is 0 Å². The van der Waals surface area contributed by atoms with Gasteiger partial charge in [0, 0.05) is 19.3 Å². The van der Waals surface area contributed by atoms with Gasteiger partial charge in [0.15, 0.2) is 5.16 Å². The van der Waals surface area contributed by atoms with Crippen LogP contribution in [-0.2, 0) is 11.3 Å². The smallest absolute Gasteiger partial charge is 0.232 e. The van der Waals surface area contributed by atoms with Gasteiger partial charge in [-0.05, 0) is 31.2 Å². The molecular weight excluding hydrogens is 398 g/mol. The number of benzene rings is 2. The van der Waals surface area contributed by atoms with Crippen molar-refractivity contribution in [2.45, 2.75) is 23.9 Å². The van der Waals surface area contributed by atoms with Crippen molar-refractivity contribution in [3.05, 3.63) is 60.4 Å². The highest BCUT2D eigenvalue weighted by molar-refractivity contribution is 7.99. The monoisotopic (exact) mass is 421 g/mol. The van der Waals surface area contributed by atoms with Gasteiger partial charge in [-0.25, -0.2) is 4.98 Å². The number of nitrogens with one attached hydrogen (secondary N) is 1. The maximum Gasteiger partial charge on any atom is 0.232 e. The second-order valence-electron chi connectivity index (χ2n) is 6.65. The molecule has 3 N–H and O–H groups in total. The fraction of sp³-hybridized carbons (Fsp3) is 0.238. The van der Waals surface area contributed by atoms with E-state index in [2.05, 4.69) is 30.9 Å². The number of aromatic nitrogens is 5. The summed E-state index contributed by atoms with van der Waals surface area (Å²) in [6, 6.07) is 17.8. The molecule has 8 nitrogen and oxygen atoms in total. The van der Waals surface area contributed by atoms with Gasteiger partial charge in [-0.3, -0.25) is 0 Å². The summed E-state index contributed by atoms with van der Waals surface area (Å²) in [5, 5.41) is 3.98. The molecule has 1 unspecified atom stereocenters. The molecule has 2 aromatic heterocycles. The highest BCUT2D eigenvalue weighted by atomic mass is 32.2. The molecule has 2 aromatic carbocycles. The Balaban J connectivity index is 1.60. The van der Waals surface area contributed by atoms with Crippen molar-refractivity contribution in [3.63, 3.8) is 0 Å². The Kier molecular flexibility index (Phi) is 6.10. The van der Waals surface area contributed by atoms with Crippen molar-refractivity contribution in [2.24, 2.45) is 0 Å². The number of hydrogen-bond donors (Lipinski definition) is 2. The SMILES string of the molecule is COCCn1c(SC(C)c2nc(N)nc(Nc3ccccc3)n2)nc2ccccc21. The topological polar surface area (TPSA) is 104 Å². The fourth-order valence-corrected chi connectivity index (χ4v) is 4.05. The number of hydrogen-bond acceptors (Lipinski definition) is 8. The van der Waals surface area contributed by atoms with Crippen LogP contribution in [0, 0.1) is 0 Å². The number of rotatable bonds is 8. The third-order valence-electron chi connectivity index (χ3n) is 4.48. The van der Waals surface area contributed by atoms with Gasteiger partial charge in [0.1, 0.15) is 5.82 Å². The number of anilines is 3. The molecule has 1 atom stereocenters. The van der Waals surface area contributed by atoms with Crippen LogP contribution in [0.5, 0.6) is 0 Å². The van der Waals surface area contributed by atoms with Gasteiger partial charge in [0.25, 0.3) is 0 Å². The van der Waals surface area contributed by atoms with Gasteiger partial charge < -0.3 is 20.4 Å². The molecule has 0 aliphatic rings. The van der Waals surface area contributed by atoms with Crippen LogP contribution in [0.15, 0.2) is 59.8 Å². The van der Waals surface area contributed by atoms with Crippen LogP contribution >= 0.6 is 11.8 Å². The number of nitrogens with zero attached hydrogens (tertiary/aromatic N) is 5. The molecule has 0 saturated carbocycles. The summed E-state index contributed by atoms with van der Waals surface area (Å²) in [5.41, 5.74) is 8.86. The van der Waals surface area contributed by atoms with E-state index in [9.17, 15) is 0 Å². The summed E-state index contributed by atoms with van der Waals surface area (Å²) >= 11 is 1.58. The van der Waals surface area contributed by atoms with Crippen molar-refractivity contribution >= 4 is 40.4 Å². The van der Waals surface area contributed by atoms with Crippen molar-refractivity contribution < 1.29 is 4.74 Å². The van der Waals surface area contributed by atoms with Crippen LogP contribution in [0.2, 0.25) is 0 Å². The molecule has 2 heterocycles. The number of thioether (sulfide) groups is 1. The van der Waals surface area contributed by atoms with E-state index in [1.807, 2.05) is 55.5 Å². The van der Waals surface area contributed by atoms with Gasteiger partial charge in [-0.1, -0.05) is 42.1 Å². The summed E-state index contributed by atoms with van der Waals surface area (Å²) in [6.45, 7) is 3.35. The van der Waals surface area contributed by atoms with E-state index in [-0.39, 0.29) is 11.2 Å². The van der Waals surface area contributed by atoms with E-state index in [1.54, 1.807) is 18.9 Å². The molecule has 30 heavy (non-hydrogen) atoms. The van der Waals surface area contributed by atoms with E-state index in [1.165, 1.54) is 0 Å². The van der Waals surface area contributed by atoms with E-state index in [0.717, 1.165) is 21.9 Å². The number of para-hydroxylation sites is 3. The predicted octanol–water partition coefficient (Wildman–Crippen LogP) is 4.05. The number of nitrogens with two attached hydrogens (primary N) is 1. The Hall–Kier alpha value is -3.17. The van der Waals surface area contributed by atoms with Gasteiger partial charge in [0.05, 0.1) is 22.9 Å². The molecule has 0 aliphatic heterocycles. The number of imidazole rings is 1. The van der Waals surface area contributed by atoms with E-state index in [0.29, 0.717) is 24.9 Å². The average molecular weight is 422 g/mol. The van der Waals surface area contributed by atoms with Crippen LogP contribution in [0.4, 0.5) is 17.6 Å². The lowest BCUT2D eigenvalue weighted by Gasteiger charge is -2.13. The lowest BCUT2D eigenvalue weighted by molar-refractivity contribution is 0.186. The van der Waals surface area contributed by atoms with Crippen molar-refractivity contribution in [2.75, 3.05) is 24.8 Å². The molecule has 4 rings (SSSR count). The highest BCUT2D eigenvalue weighted by Gasteiger charge is 2.19. The number of ether oxygens (including phenoxy) is 1. The Bertz CT molecular complexity index is 1130. The minimum atomic E-state index is -0.0790. The maximum absolute atomic E-state index is 5.95. The van der Waals surface area contributed by atoms with Crippen LogP contribution in [0.1, 0.15) is 18.0 Å². The second-order valence-corrected chi connectivity index (χ2v) is 7.96. The molecule has 154 valence electrons. The molecule has 0 bridgehead atoms. The first kappa shape index (κ1) is 20.1. The second kappa shape index (κ2) is 9.10. The Morgan fingerprint density at radius 1 is 1.03 bits per heavy atom. The molecule has 0 fully saturated rings. The molecule has 0 amide bonds. The third kappa shape index (κ3) is 4.52. The molecular formula is C21H23N7OS. The number of nitrogen functional groups attached to an aromatic ring is 1. The Morgan fingerprint density at radius 2 is 1.80 bits per heavy atom. The Labute approximate surface area is 178 Å².